The summed E-state index contributed by atoms with van der Waals surface area (Å²) in [6, 6.07) is 6.17. The lowest BCUT2D eigenvalue weighted by Gasteiger charge is -2.28. The van der Waals surface area contributed by atoms with E-state index in [1.54, 1.807) is 0 Å². The minimum absolute atomic E-state index is 0.435. The zero-order chi connectivity index (χ0) is 11.4. The lowest BCUT2D eigenvalue weighted by atomic mass is 9.83. The van der Waals surface area contributed by atoms with E-state index in [2.05, 4.69) is 17.1 Å². The third-order valence-electron chi connectivity index (χ3n) is 3.64. The van der Waals surface area contributed by atoms with Crippen LogP contribution in [0.15, 0.2) is 24.4 Å². The van der Waals surface area contributed by atoms with Crippen molar-refractivity contribution in [1.82, 2.24) is 4.98 Å². The van der Waals surface area contributed by atoms with E-state index in [4.69, 9.17) is 0 Å². The fourth-order valence-electron chi connectivity index (χ4n) is 2.64. The first-order valence-electron chi connectivity index (χ1n) is 6.31. The average Bonchev–Trinajstić information content (AvgIpc) is 2.25. The minimum atomic E-state index is -0.435. The van der Waals surface area contributed by atoms with Gasteiger partial charge in [-0.25, -0.2) is 0 Å². The number of hydrogen-bond donors (Lipinski definition) is 1. The first-order valence-corrected chi connectivity index (χ1v) is 6.31. The summed E-state index contributed by atoms with van der Waals surface area (Å²) in [4.78, 5) is 4.45. The summed E-state index contributed by atoms with van der Waals surface area (Å²) in [6.45, 7) is 1.97. The van der Waals surface area contributed by atoms with Crippen LogP contribution in [0.5, 0.6) is 0 Å². The van der Waals surface area contributed by atoms with Crippen LogP contribution in [0, 0.1) is 0 Å². The maximum absolute atomic E-state index is 10.0. The average molecular weight is 219 g/mol. The Bertz CT molecular complexity index is 309. The number of pyridine rings is 1. The number of rotatable bonds is 1. The van der Waals surface area contributed by atoms with Gasteiger partial charge < -0.3 is 5.11 Å². The molecule has 0 aromatic carbocycles. The summed E-state index contributed by atoms with van der Waals surface area (Å²) in [5.74, 6) is 0.595. The Morgan fingerprint density at radius 2 is 1.94 bits per heavy atom. The molecule has 2 nitrogen and oxygen atoms in total. The molecule has 0 radical (unpaired) electrons. The molecule has 0 amide bonds. The van der Waals surface area contributed by atoms with E-state index in [0.717, 1.165) is 38.5 Å². The topological polar surface area (TPSA) is 33.1 Å². The Morgan fingerprint density at radius 1 is 1.25 bits per heavy atom. The lowest BCUT2D eigenvalue weighted by Crippen LogP contribution is -2.25. The van der Waals surface area contributed by atoms with Gasteiger partial charge in [0, 0.05) is 17.8 Å². The molecule has 1 aliphatic rings. The van der Waals surface area contributed by atoms with Crippen LogP contribution in [0.25, 0.3) is 0 Å². The molecular formula is C14H21NO. The third-order valence-corrected chi connectivity index (χ3v) is 3.64. The van der Waals surface area contributed by atoms with Crippen LogP contribution >= 0.6 is 0 Å². The van der Waals surface area contributed by atoms with Crippen LogP contribution in [-0.2, 0) is 0 Å². The van der Waals surface area contributed by atoms with Crippen molar-refractivity contribution in [3.05, 3.63) is 30.1 Å². The molecule has 0 saturated heterocycles. The van der Waals surface area contributed by atoms with E-state index in [1.165, 1.54) is 5.69 Å². The second-order valence-electron chi connectivity index (χ2n) is 5.23. The van der Waals surface area contributed by atoms with Gasteiger partial charge in [0.25, 0.3) is 0 Å². The molecule has 0 unspecified atom stereocenters. The molecule has 0 aliphatic heterocycles. The van der Waals surface area contributed by atoms with Crippen LogP contribution in [0.2, 0.25) is 0 Å². The maximum Gasteiger partial charge on any atom is 0.0619 e. The first-order chi connectivity index (χ1) is 7.67. The van der Waals surface area contributed by atoms with Crippen LogP contribution in [-0.4, -0.2) is 15.7 Å². The summed E-state index contributed by atoms with van der Waals surface area (Å²) in [6.07, 6.45) is 8.26. The minimum Gasteiger partial charge on any atom is -0.390 e. The van der Waals surface area contributed by atoms with Gasteiger partial charge >= 0.3 is 0 Å². The SMILES string of the molecule is CC1(O)CCCC(c2ccccn2)CCC1. The van der Waals surface area contributed by atoms with E-state index in [9.17, 15) is 5.11 Å². The van der Waals surface area contributed by atoms with Crippen LogP contribution < -0.4 is 0 Å². The molecule has 1 aliphatic carbocycles. The van der Waals surface area contributed by atoms with Gasteiger partial charge in [-0.1, -0.05) is 6.07 Å². The molecular weight excluding hydrogens is 198 g/mol. The van der Waals surface area contributed by atoms with Gasteiger partial charge in [0.15, 0.2) is 0 Å². The summed E-state index contributed by atoms with van der Waals surface area (Å²) in [5, 5.41) is 10.0. The van der Waals surface area contributed by atoms with Gasteiger partial charge in [-0.2, -0.15) is 0 Å². The normalized spacial score (nSPS) is 31.8. The van der Waals surface area contributed by atoms with Crippen molar-refractivity contribution < 1.29 is 5.11 Å². The number of aliphatic hydroxyl groups is 1. The van der Waals surface area contributed by atoms with Crippen molar-refractivity contribution >= 4 is 0 Å². The largest absolute Gasteiger partial charge is 0.390 e. The predicted octanol–water partition coefficient (Wildman–Crippen LogP) is 3.27. The van der Waals surface area contributed by atoms with Gasteiger partial charge in [-0.15, -0.1) is 0 Å². The highest BCUT2D eigenvalue weighted by molar-refractivity contribution is 5.09. The third kappa shape index (κ3) is 3.05. The summed E-state index contributed by atoms with van der Waals surface area (Å²) in [7, 11) is 0. The van der Waals surface area contributed by atoms with Gasteiger partial charge in [0.2, 0.25) is 0 Å². The zero-order valence-electron chi connectivity index (χ0n) is 10.0. The van der Waals surface area contributed by atoms with E-state index in [0.29, 0.717) is 5.92 Å². The second kappa shape index (κ2) is 4.96. The fourth-order valence-corrected chi connectivity index (χ4v) is 2.64. The number of nitrogens with zero attached hydrogens (tertiary/aromatic N) is 1. The molecule has 1 N–H and O–H groups in total. The van der Waals surface area contributed by atoms with E-state index in [1.807, 2.05) is 19.2 Å². The van der Waals surface area contributed by atoms with Gasteiger partial charge in [-0.05, 0) is 57.6 Å². The maximum atomic E-state index is 10.0. The molecule has 88 valence electrons. The molecule has 2 heteroatoms. The highest BCUT2D eigenvalue weighted by Crippen LogP contribution is 2.33. The van der Waals surface area contributed by atoms with E-state index < -0.39 is 5.60 Å². The van der Waals surface area contributed by atoms with Crippen molar-refractivity contribution in [3.8, 4) is 0 Å². The van der Waals surface area contributed by atoms with E-state index in [-0.39, 0.29) is 0 Å². The molecule has 16 heavy (non-hydrogen) atoms. The molecule has 2 rings (SSSR count). The van der Waals surface area contributed by atoms with Crippen molar-refractivity contribution in [2.24, 2.45) is 0 Å². The van der Waals surface area contributed by atoms with E-state index >= 15 is 0 Å². The monoisotopic (exact) mass is 219 g/mol. The lowest BCUT2D eigenvalue weighted by molar-refractivity contribution is 0.0312. The molecule has 0 atom stereocenters. The standard InChI is InChI=1S/C14H21NO/c1-14(16)9-4-6-12(7-5-10-14)13-8-2-3-11-15-13/h2-3,8,11-12,16H,4-7,9-10H2,1H3. The Labute approximate surface area is 97.7 Å². The van der Waals surface area contributed by atoms with Crippen molar-refractivity contribution in [2.45, 2.75) is 57.0 Å². The summed E-state index contributed by atoms with van der Waals surface area (Å²) < 4.78 is 0. The van der Waals surface area contributed by atoms with Gasteiger partial charge in [-0.3, -0.25) is 4.98 Å². The fraction of sp³-hybridized carbons (Fsp3) is 0.643. The summed E-state index contributed by atoms with van der Waals surface area (Å²) in [5.41, 5.74) is 0.791. The van der Waals surface area contributed by atoms with Crippen molar-refractivity contribution in [3.63, 3.8) is 0 Å². The Hall–Kier alpha value is -0.890. The van der Waals surface area contributed by atoms with Gasteiger partial charge in [0.1, 0.15) is 0 Å². The highest BCUT2D eigenvalue weighted by atomic mass is 16.3. The number of hydrogen-bond acceptors (Lipinski definition) is 2. The Morgan fingerprint density at radius 3 is 2.50 bits per heavy atom. The first kappa shape index (κ1) is 11.6. The second-order valence-corrected chi connectivity index (χ2v) is 5.23. The predicted molar refractivity (Wildman–Crippen MR) is 65.3 cm³/mol. The quantitative estimate of drug-likeness (QED) is 0.786. The molecule has 1 heterocycles. The smallest absolute Gasteiger partial charge is 0.0619 e. The molecule has 0 bridgehead atoms. The molecule has 1 fully saturated rings. The highest BCUT2D eigenvalue weighted by Gasteiger charge is 2.24. The van der Waals surface area contributed by atoms with Crippen molar-refractivity contribution in [2.75, 3.05) is 0 Å². The van der Waals surface area contributed by atoms with Crippen LogP contribution in [0.1, 0.15) is 57.1 Å². The zero-order valence-corrected chi connectivity index (χ0v) is 10.0. The summed E-state index contributed by atoms with van der Waals surface area (Å²) >= 11 is 0. The van der Waals surface area contributed by atoms with Crippen molar-refractivity contribution in [1.29, 1.82) is 0 Å². The molecule has 1 aromatic rings. The molecule has 1 aromatic heterocycles. The Balaban J connectivity index is 1.99. The van der Waals surface area contributed by atoms with Crippen LogP contribution in [0.4, 0.5) is 0 Å². The van der Waals surface area contributed by atoms with Gasteiger partial charge in [0.05, 0.1) is 5.60 Å². The molecule has 1 saturated carbocycles. The number of aromatic nitrogens is 1. The Kier molecular flexibility index (Phi) is 3.59. The van der Waals surface area contributed by atoms with Crippen LogP contribution in [0.3, 0.4) is 0 Å². The molecule has 0 spiro atoms.